The quantitative estimate of drug-likeness (QED) is 0.731. The number of nitrogens with one attached hydrogen (secondary N) is 1. The topological polar surface area (TPSA) is 95.4 Å². The van der Waals surface area contributed by atoms with Crippen molar-refractivity contribution < 1.29 is 14.7 Å². The molecule has 1 rings (SSSR count). The number of carbonyl (C=O) groups is 2. The highest BCUT2D eigenvalue weighted by Crippen LogP contribution is 2.07. The fourth-order valence-corrected chi connectivity index (χ4v) is 1.32. The van der Waals surface area contributed by atoms with Gasteiger partial charge in [-0.3, -0.25) is 4.79 Å². The zero-order valence-electron chi connectivity index (χ0n) is 10.8. The maximum absolute atomic E-state index is 11.6. The first kappa shape index (κ1) is 14.6. The van der Waals surface area contributed by atoms with Gasteiger partial charge in [0.15, 0.2) is 5.69 Å². The van der Waals surface area contributed by atoms with Gasteiger partial charge in [-0.1, -0.05) is 6.08 Å². The second-order valence-electron chi connectivity index (χ2n) is 4.06. The Kier molecular flexibility index (Phi) is 4.99. The van der Waals surface area contributed by atoms with Gasteiger partial charge >= 0.3 is 5.97 Å². The average Bonchev–Trinajstić information content (AvgIpc) is 2.38. The van der Waals surface area contributed by atoms with Crippen LogP contribution < -0.4 is 5.32 Å². The van der Waals surface area contributed by atoms with Crippen molar-refractivity contribution in [2.75, 3.05) is 19.4 Å². The first-order valence-corrected chi connectivity index (χ1v) is 5.61. The van der Waals surface area contributed by atoms with Crippen LogP contribution in [0.3, 0.4) is 0 Å². The molecule has 0 aliphatic rings. The molecule has 0 aromatic carbocycles. The number of carbonyl (C=O) groups excluding carboxylic acids is 1. The lowest BCUT2D eigenvalue weighted by Crippen LogP contribution is -2.29. The van der Waals surface area contributed by atoms with Crippen molar-refractivity contribution in [1.29, 1.82) is 0 Å². The number of nitrogens with zero attached hydrogens (tertiary/aromatic N) is 3. The summed E-state index contributed by atoms with van der Waals surface area (Å²) in [6.07, 6.45) is 1.76. The number of carboxylic acid groups (broad SMARTS) is 1. The zero-order chi connectivity index (χ0) is 14.4. The number of rotatable bonds is 6. The van der Waals surface area contributed by atoms with Crippen LogP contribution in [0.2, 0.25) is 0 Å². The van der Waals surface area contributed by atoms with E-state index in [4.69, 9.17) is 5.11 Å². The van der Waals surface area contributed by atoms with Crippen LogP contribution in [-0.4, -0.2) is 52.2 Å². The van der Waals surface area contributed by atoms with Crippen LogP contribution in [0.4, 0.5) is 5.82 Å². The largest absolute Gasteiger partial charge is 0.480 e. The van der Waals surface area contributed by atoms with Gasteiger partial charge in [-0.15, -0.1) is 16.8 Å². The molecule has 19 heavy (non-hydrogen) atoms. The number of carboxylic acids is 1. The molecule has 0 radical (unpaired) electrons. The molecule has 1 amide bonds. The van der Waals surface area contributed by atoms with Crippen molar-refractivity contribution in [3.8, 4) is 0 Å². The lowest BCUT2D eigenvalue weighted by molar-refractivity contribution is -0.137. The van der Waals surface area contributed by atoms with Gasteiger partial charge in [0.2, 0.25) is 0 Å². The smallest absolute Gasteiger partial charge is 0.326 e. The lowest BCUT2D eigenvalue weighted by atomic mass is 10.2. The van der Waals surface area contributed by atoms with Gasteiger partial charge in [-0.25, -0.2) is 4.79 Å². The number of hydrogen-bond donors (Lipinski definition) is 2. The molecule has 0 spiro atoms. The molecule has 1 unspecified atom stereocenters. The number of aromatic nitrogens is 2. The van der Waals surface area contributed by atoms with Crippen molar-refractivity contribution in [2.24, 2.45) is 0 Å². The maximum Gasteiger partial charge on any atom is 0.326 e. The summed E-state index contributed by atoms with van der Waals surface area (Å²) in [5.41, 5.74) is 0.200. The minimum atomic E-state index is -1.00. The zero-order valence-corrected chi connectivity index (χ0v) is 10.8. The molecule has 0 saturated heterocycles. The fraction of sp³-hybridized carbons (Fsp3) is 0.333. The molecule has 1 heterocycles. The van der Waals surface area contributed by atoms with Gasteiger partial charge in [-0.05, 0) is 18.6 Å². The Morgan fingerprint density at radius 3 is 2.58 bits per heavy atom. The van der Waals surface area contributed by atoms with Gasteiger partial charge in [0, 0.05) is 14.1 Å². The van der Waals surface area contributed by atoms with Crippen LogP contribution in [0, 0.1) is 0 Å². The third-order valence-corrected chi connectivity index (χ3v) is 2.31. The normalized spacial score (nSPS) is 11.5. The van der Waals surface area contributed by atoms with E-state index in [9.17, 15) is 9.59 Å². The van der Waals surface area contributed by atoms with Gasteiger partial charge in [0.25, 0.3) is 5.91 Å². The van der Waals surface area contributed by atoms with Crippen LogP contribution in [-0.2, 0) is 4.79 Å². The summed E-state index contributed by atoms with van der Waals surface area (Å²) in [4.78, 5) is 23.9. The summed E-state index contributed by atoms with van der Waals surface area (Å²) in [6.45, 7) is 3.49. The third-order valence-electron chi connectivity index (χ3n) is 2.31. The van der Waals surface area contributed by atoms with E-state index in [1.54, 1.807) is 14.1 Å². The van der Waals surface area contributed by atoms with E-state index < -0.39 is 12.0 Å². The van der Waals surface area contributed by atoms with Crippen molar-refractivity contribution in [3.05, 3.63) is 30.5 Å². The fourth-order valence-electron chi connectivity index (χ4n) is 1.32. The third kappa shape index (κ3) is 4.06. The first-order chi connectivity index (χ1) is 8.95. The Hall–Kier alpha value is -2.44. The molecular formula is C12H16N4O3. The van der Waals surface area contributed by atoms with Gasteiger partial charge in [0.1, 0.15) is 11.9 Å². The van der Waals surface area contributed by atoms with Crippen LogP contribution in [0.25, 0.3) is 0 Å². The number of aliphatic carboxylic acids is 1. The van der Waals surface area contributed by atoms with Gasteiger partial charge < -0.3 is 15.3 Å². The van der Waals surface area contributed by atoms with Crippen molar-refractivity contribution in [3.63, 3.8) is 0 Å². The molecular weight excluding hydrogens is 248 g/mol. The molecule has 0 aliphatic heterocycles. The van der Waals surface area contributed by atoms with E-state index in [1.165, 1.54) is 23.1 Å². The van der Waals surface area contributed by atoms with E-state index in [2.05, 4.69) is 22.1 Å². The Morgan fingerprint density at radius 2 is 2.16 bits per heavy atom. The highest BCUT2D eigenvalue weighted by atomic mass is 16.4. The first-order valence-electron chi connectivity index (χ1n) is 5.61. The van der Waals surface area contributed by atoms with E-state index in [0.29, 0.717) is 5.82 Å². The summed E-state index contributed by atoms with van der Waals surface area (Å²) in [6, 6.07) is 2.19. The molecule has 7 nitrogen and oxygen atoms in total. The predicted octanol–water partition coefficient (Wildman–Crippen LogP) is 0.620. The van der Waals surface area contributed by atoms with E-state index in [0.717, 1.165) is 0 Å². The summed E-state index contributed by atoms with van der Waals surface area (Å²) in [7, 11) is 3.22. The Labute approximate surface area is 110 Å². The molecule has 7 heteroatoms. The van der Waals surface area contributed by atoms with Crippen LogP contribution in [0.15, 0.2) is 24.8 Å². The Balaban J connectivity index is 2.78. The van der Waals surface area contributed by atoms with Crippen molar-refractivity contribution in [2.45, 2.75) is 12.5 Å². The van der Waals surface area contributed by atoms with E-state index in [-0.39, 0.29) is 18.0 Å². The summed E-state index contributed by atoms with van der Waals surface area (Å²) in [5.74, 6) is -0.973. The van der Waals surface area contributed by atoms with Crippen molar-refractivity contribution >= 4 is 17.7 Å². The molecule has 1 aromatic heterocycles. The second-order valence-corrected chi connectivity index (χ2v) is 4.06. The highest BCUT2D eigenvalue weighted by molar-refractivity contribution is 5.91. The van der Waals surface area contributed by atoms with Crippen LogP contribution >= 0.6 is 0 Å². The highest BCUT2D eigenvalue weighted by Gasteiger charge is 2.16. The van der Waals surface area contributed by atoms with E-state index in [1.807, 2.05) is 0 Å². The molecule has 102 valence electrons. The van der Waals surface area contributed by atoms with Gasteiger partial charge in [0.05, 0.1) is 0 Å². The van der Waals surface area contributed by atoms with Gasteiger partial charge in [-0.2, -0.15) is 0 Å². The van der Waals surface area contributed by atoms with Crippen molar-refractivity contribution in [1.82, 2.24) is 15.1 Å². The second kappa shape index (κ2) is 6.48. The number of hydrogen-bond acceptors (Lipinski definition) is 5. The SMILES string of the molecule is C=CCC(Nc1ccc(C(=O)N(C)C)nn1)C(=O)O. The summed E-state index contributed by atoms with van der Waals surface area (Å²) < 4.78 is 0. The minimum absolute atomic E-state index is 0.200. The lowest BCUT2D eigenvalue weighted by Gasteiger charge is -2.13. The molecule has 1 atom stereocenters. The van der Waals surface area contributed by atoms with E-state index >= 15 is 0 Å². The average molecular weight is 264 g/mol. The number of anilines is 1. The molecule has 0 saturated carbocycles. The Morgan fingerprint density at radius 1 is 1.47 bits per heavy atom. The monoisotopic (exact) mass is 264 g/mol. The predicted molar refractivity (Wildman–Crippen MR) is 69.9 cm³/mol. The molecule has 0 fully saturated rings. The summed E-state index contributed by atoms with van der Waals surface area (Å²) >= 11 is 0. The molecule has 0 aliphatic carbocycles. The molecule has 0 bridgehead atoms. The Bertz CT molecular complexity index is 470. The molecule has 2 N–H and O–H groups in total. The molecule has 1 aromatic rings. The number of amides is 1. The standard InChI is InChI=1S/C12H16N4O3/c1-4-5-9(12(18)19)13-10-7-6-8(14-15-10)11(17)16(2)3/h4,6-7,9H,1,5H2,2-3H3,(H,13,15)(H,18,19). The van der Waals surface area contributed by atoms with Crippen LogP contribution in [0.5, 0.6) is 0 Å². The minimum Gasteiger partial charge on any atom is -0.480 e. The maximum atomic E-state index is 11.6. The van der Waals surface area contributed by atoms with Crippen LogP contribution in [0.1, 0.15) is 16.9 Å². The summed E-state index contributed by atoms with van der Waals surface area (Å²) in [5, 5.41) is 19.2.